The van der Waals surface area contributed by atoms with E-state index in [9.17, 15) is 0 Å². The molecule has 1 atom stereocenters. The van der Waals surface area contributed by atoms with E-state index in [4.69, 9.17) is 26.3 Å². The van der Waals surface area contributed by atoms with Crippen LogP contribution in [0.25, 0.3) is 0 Å². The Labute approximate surface area is 123 Å². The second-order valence-electron chi connectivity index (χ2n) is 5.07. The van der Waals surface area contributed by atoms with Gasteiger partial charge in [0.1, 0.15) is 11.9 Å². The number of nitrogens with zero attached hydrogens (tertiary/aromatic N) is 3. The molecule has 0 saturated carbocycles. The lowest BCUT2D eigenvalue weighted by Gasteiger charge is -2.35. The van der Waals surface area contributed by atoms with Gasteiger partial charge in [0.25, 0.3) is 0 Å². The van der Waals surface area contributed by atoms with Gasteiger partial charge in [-0.05, 0) is 25.0 Å². The van der Waals surface area contributed by atoms with Crippen molar-refractivity contribution in [2.24, 2.45) is 5.92 Å². The van der Waals surface area contributed by atoms with Crippen molar-refractivity contribution in [1.29, 1.82) is 5.26 Å². The molecule has 5 nitrogen and oxygen atoms in total. The molecule has 0 bridgehead atoms. The van der Waals surface area contributed by atoms with Gasteiger partial charge in [0.15, 0.2) is 12.0 Å². The first-order chi connectivity index (χ1) is 9.78. The molecule has 0 N–H and O–H groups in total. The number of anilines is 1. The van der Waals surface area contributed by atoms with Crippen LogP contribution in [0, 0.1) is 17.2 Å². The Morgan fingerprint density at radius 1 is 1.35 bits per heavy atom. The molecule has 0 spiro atoms. The molecule has 0 aliphatic carbocycles. The Kier molecular flexibility index (Phi) is 4.06. The highest BCUT2D eigenvalue weighted by Gasteiger charge is 2.31. The van der Waals surface area contributed by atoms with E-state index in [0.717, 1.165) is 31.7 Å². The third kappa shape index (κ3) is 2.73. The fourth-order valence-corrected chi connectivity index (χ4v) is 2.92. The van der Waals surface area contributed by atoms with E-state index >= 15 is 0 Å². The van der Waals surface area contributed by atoms with Gasteiger partial charge in [-0.25, -0.2) is 4.98 Å². The molecule has 6 heteroatoms. The number of aromatic nitrogens is 1. The van der Waals surface area contributed by atoms with Crippen molar-refractivity contribution in [1.82, 2.24) is 4.98 Å². The quantitative estimate of drug-likeness (QED) is 0.836. The smallest absolute Gasteiger partial charge is 0.162 e. The Bertz CT molecular complexity index is 526. The number of pyridine rings is 1. The molecule has 0 amide bonds. The van der Waals surface area contributed by atoms with Gasteiger partial charge in [0.2, 0.25) is 0 Å². The van der Waals surface area contributed by atoms with Gasteiger partial charge in [0.05, 0.1) is 18.2 Å². The number of hydrogen-bond donors (Lipinski definition) is 0. The van der Waals surface area contributed by atoms with Gasteiger partial charge >= 0.3 is 0 Å². The van der Waals surface area contributed by atoms with Crippen molar-refractivity contribution in [3.05, 3.63) is 22.8 Å². The fourth-order valence-electron chi connectivity index (χ4n) is 2.78. The molecule has 1 aromatic heterocycles. The maximum Gasteiger partial charge on any atom is 0.162 e. The van der Waals surface area contributed by atoms with Crippen molar-refractivity contribution >= 4 is 17.4 Å². The molecule has 20 heavy (non-hydrogen) atoms. The molecule has 2 aliphatic rings. The van der Waals surface area contributed by atoms with Gasteiger partial charge in [0, 0.05) is 19.0 Å². The van der Waals surface area contributed by atoms with E-state index in [-0.39, 0.29) is 12.0 Å². The molecular weight excluding hydrogens is 278 g/mol. The molecule has 2 saturated heterocycles. The average molecular weight is 294 g/mol. The van der Waals surface area contributed by atoms with Gasteiger partial charge in [-0.2, -0.15) is 5.26 Å². The Morgan fingerprint density at radius 2 is 2.15 bits per heavy atom. The van der Waals surface area contributed by atoms with E-state index in [2.05, 4.69) is 9.88 Å². The molecule has 3 rings (SSSR count). The highest BCUT2D eigenvalue weighted by molar-refractivity contribution is 6.31. The van der Waals surface area contributed by atoms with Gasteiger partial charge < -0.3 is 14.4 Å². The SMILES string of the molecule is N#Cc1nc(N2CCCC(C3OCCO3)C2)ccc1Cl. The van der Waals surface area contributed by atoms with E-state index in [0.29, 0.717) is 24.2 Å². The van der Waals surface area contributed by atoms with Crippen LogP contribution in [-0.4, -0.2) is 37.6 Å². The molecule has 0 radical (unpaired) electrons. The van der Waals surface area contributed by atoms with Crippen LogP contribution in [0.5, 0.6) is 0 Å². The summed E-state index contributed by atoms with van der Waals surface area (Å²) >= 11 is 5.92. The summed E-state index contributed by atoms with van der Waals surface area (Å²) in [5.74, 6) is 1.16. The lowest BCUT2D eigenvalue weighted by atomic mass is 9.97. The van der Waals surface area contributed by atoms with Crippen molar-refractivity contribution in [3.8, 4) is 6.07 Å². The van der Waals surface area contributed by atoms with Gasteiger partial charge in [-0.3, -0.25) is 0 Å². The Hall–Kier alpha value is -1.35. The number of piperidine rings is 1. The average Bonchev–Trinajstić information content (AvgIpc) is 3.02. The van der Waals surface area contributed by atoms with Gasteiger partial charge in [-0.15, -0.1) is 0 Å². The minimum Gasteiger partial charge on any atom is -0.356 e. The number of halogens is 1. The minimum atomic E-state index is -0.0967. The third-order valence-electron chi connectivity index (χ3n) is 3.75. The van der Waals surface area contributed by atoms with Crippen molar-refractivity contribution in [3.63, 3.8) is 0 Å². The minimum absolute atomic E-state index is 0.0967. The molecule has 2 fully saturated rings. The van der Waals surface area contributed by atoms with Crippen LogP contribution in [-0.2, 0) is 9.47 Å². The normalized spacial score (nSPS) is 23.8. The predicted octanol–water partition coefficient (Wildman–Crippen LogP) is 2.20. The maximum absolute atomic E-state index is 9.01. The number of hydrogen-bond acceptors (Lipinski definition) is 5. The van der Waals surface area contributed by atoms with Crippen LogP contribution in [0.3, 0.4) is 0 Å². The first-order valence-electron chi connectivity index (χ1n) is 6.83. The molecule has 0 aromatic carbocycles. The highest BCUT2D eigenvalue weighted by atomic mass is 35.5. The third-order valence-corrected chi connectivity index (χ3v) is 4.06. The monoisotopic (exact) mass is 293 g/mol. The summed E-state index contributed by atoms with van der Waals surface area (Å²) in [5.41, 5.74) is 0.277. The largest absolute Gasteiger partial charge is 0.356 e. The fraction of sp³-hybridized carbons (Fsp3) is 0.571. The zero-order valence-corrected chi connectivity index (χ0v) is 11.8. The van der Waals surface area contributed by atoms with Crippen molar-refractivity contribution < 1.29 is 9.47 Å². The molecule has 3 heterocycles. The van der Waals surface area contributed by atoms with Crippen molar-refractivity contribution in [2.45, 2.75) is 19.1 Å². The van der Waals surface area contributed by atoms with E-state index < -0.39 is 0 Å². The van der Waals surface area contributed by atoms with E-state index in [1.54, 1.807) is 6.07 Å². The van der Waals surface area contributed by atoms with E-state index in [1.165, 1.54) is 0 Å². The number of nitriles is 1. The Morgan fingerprint density at radius 3 is 2.90 bits per heavy atom. The van der Waals surface area contributed by atoms with Crippen LogP contribution in [0.1, 0.15) is 18.5 Å². The zero-order valence-electron chi connectivity index (χ0n) is 11.1. The molecule has 2 aliphatic heterocycles. The summed E-state index contributed by atoms with van der Waals surface area (Å²) in [6.45, 7) is 3.13. The summed E-state index contributed by atoms with van der Waals surface area (Å²) in [6.07, 6.45) is 2.07. The summed E-state index contributed by atoms with van der Waals surface area (Å²) in [4.78, 5) is 6.50. The number of ether oxygens (including phenoxy) is 2. The Balaban J connectivity index is 1.74. The topological polar surface area (TPSA) is 58.4 Å². The molecular formula is C14H16ClN3O2. The summed E-state index contributed by atoms with van der Waals surface area (Å²) in [6, 6.07) is 5.62. The second-order valence-corrected chi connectivity index (χ2v) is 5.48. The predicted molar refractivity (Wildman–Crippen MR) is 74.6 cm³/mol. The van der Waals surface area contributed by atoms with Crippen LogP contribution in [0.2, 0.25) is 5.02 Å². The molecule has 1 unspecified atom stereocenters. The molecule has 106 valence electrons. The summed E-state index contributed by atoms with van der Waals surface area (Å²) in [7, 11) is 0. The first kappa shape index (κ1) is 13.6. The van der Waals surface area contributed by atoms with Gasteiger partial charge in [-0.1, -0.05) is 11.6 Å². The van der Waals surface area contributed by atoms with Crippen molar-refractivity contribution in [2.75, 3.05) is 31.2 Å². The van der Waals surface area contributed by atoms with Crippen LogP contribution in [0.4, 0.5) is 5.82 Å². The summed E-state index contributed by atoms with van der Waals surface area (Å²) < 4.78 is 11.2. The molecule has 1 aromatic rings. The standard InChI is InChI=1S/C14H16ClN3O2/c15-11-3-4-13(17-12(11)8-16)18-5-1-2-10(9-18)14-19-6-7-20-14/h3-4,10,14H,1-2,5-7,9H2. The van der Waals surface area contributed by atoms with Crippen LogP contribution in [0.15, 0.2) is 12.1 Å². The van der Waals surface area contributed by atoms with Crippen LogP contribution < -0.4 is 4.90 Å². The van der Waals surface area contributed by atoms with E-state index in [1.807, 2.05) is 12.1 Å². The second kappa shape index (κ2) is 5.96. The first-order valence-corrected chi connectivity index (χ1v) is 7.20. The maximum atomic E-state index is 9.01. The zero-order chi connectivity index (χ0) is 13.9. The highest BCUT2D eigenvalue weighted by Crippen LogP contribution is 2.28. The van der Waals surface area contributed by atoms with Crippen LogP contribution >= 0.6 is 11.6 Å². The lowest BCUT2D eigenvalue weighted by molar-refractivity contribution is -0.0859. The lowest BCUT2D eigenvalue weighted by Crippen LogP contribution is -2.41. The number of rotatable bonds is 2. The summed E-state index contributed by atoms with van der Waals surface area (Å²) in [5, 5.41) is 9.41.